The maximum Gasteiger partial charge on any atom is 0.271 e. The Morgan fingerprint density at radius 1 is 0.850 bits per heavy atom. The second-order valence-corrected chi connectivity index (χ2v) is 15.4. The van der Waals surface area contributed by atoms with Crippen molar-refractivity contribution < 1.29 is 38.3 Å². The lowest BCUT2D eigenvalue weighted by molar-refractivity contribution is -0.133. The third-order valence-corrected chi connectivity index (χ3v) is 11.1. The highest BCUT2D eigenvalue weighted by molar-refractivity contribution is 7.09. The predicted molar refractivity (Wildman–Crippen MR) is 223 cm³/mol. The number of likely N-dealkylation sites (N-methyl/N-ethyl adjacent to an activating group) is 1. The van der Waals surface area contributed by atoms with Crippen molar-refractivity contribution in [1.29, 1.82) is 0 Å². The second-order valence-electron chi connectivity index (χ2n) is 14.5. The predicted octanol–water partition coefficient (Wildman–Crippen LogP) is 1.39. The number of hydrogen-bond donors (Lipinski definition) is 8. The van der Waals surface area contributed by atoms with E-state index < -0.39 is 78.6 Å². The summed E-state index contributed by atoms with van der Waals surface area (Å²) >= 11 is 1.11. The van der Waals surface area contributed by atoms with Crippen LogP contribution >= 0.6 is 11.3 Å². The Kier molecular flexibility index (Phi) is 13.0. The van der Waals surface area contributed by atoms with E-state index in [2.05, 4.69) is 53.4 Å². The molecule has 4 atom stereocenters. The number of aromatic nitrogens is 3. The van der Waals surface area contributed by atoms with Crippen LogP contribution in [0.2, 0.25) is 0 Å². The van der Waals surface area contributed by atoms with Gasteiger partial charge in [-0.25, -0.2) is 4.98 Å². The van der Waals surface area contributed by atoms with E-state index in [4.69, 9.17) is 4.74 Å². The third-order valence-electron chi connectivity index (χ3n) is 10.0. The van der Waals surface area contributed by atoms with Crippen molar-refractivity contribution in [3.05, 3.63) is 93.8 Å². The molecular weight excluding hydrogens is 793 g/mol. The number of benzene rings is 2. The number of H-pyrrole nitrogens is 2. The van der Waals surface area contributed by atoms with Gasteiger partial charge in [-0.05, 0) is 50.1 Å². The Morgan fingerprint density at radius 2 is 1.57 bits per heavy atom. The zero-order valence-electron chi connectivity index (χ0n) is 33.6. The summed E-state index contributed by atoms with van der Waals surface area (Å²) in [7, 11) is 2.87. The van der Waals surface area contributed by atoms with E-state index in [0.29, 0.717) is 27.4 Å². The van der Waals surface area contributed by atoms with Gasteiger partial charge in [0.15, 0.2) is 0 Å². The van der Waals surface area contributed by atoms with Gasteiger partial charge in [-0.15, -0.1) is 11.3 Å². The molecule has 5 aromatic rings. The molecule has 0 radical (unpaired) electrons. The van der Waals surface area contributed by atoms with E-state index in [-0.39, 0.29) is 24.2 Å². The molecule has 7 amide bonds. The van der Waals surface area contributed by atoms with Gasteiger partial charge in [0, 0.05) is 59.0 Å². The Hall–Kier alpha value is -7.02. The van der Waals surface area contributed by atoms with Gasteiger partial charge in [-0.3, -0.25) is 33.6 Å². The van der Waals surface area contributed by atoms with E-state index >= 15 is 0 Å². The van der Waals surface area contributed by atoms with Crippen molar-refractivity contribution in [2.75, 3.05) is 27.2 Å². The van der Waals surface area contributed by atoms with Crippen LogP contribution < -0.4 is 36.6 Å². The molecule has 0 spiro atoms. The van der Waals surface area contributed by atoms with E-state index in [9.17, 15) is 33.6 Å². The van der Waals surface area contributed by atoms with Gasteiger partial charge in [0.05, 0.1) is 31.9 Å². The number of aryl methyl sites for hydroxylation is 1. The summed E-state index contributed by atoms with van der Waals surface area (Å²) < 4.78 is 5.64. The molecule has 0 saturated heterocycles. The van der Waals surface area contributed by atoms with Crippen molar-refractivity contribution in [2.45, 2.75) is 57.8 Å². The van der Waals surface area contributed by atoms with Crippen molar-refractivity contribution >= 4 is 74.5 Å². The molecule has 19 heteroatoms. The number of fused-ring (bicyclic) bond motifs is 4. The lowest BCUT2D eigenvalue weighted by Gasteiger charge is -2.24. The number of nitrogens with zero attached hydrogens (tertiary/aromatic N) is 2. The van der Waals surface area contributed by atoms with Crippen LogP contribution in [0, 0.1) is 6.92 Å². The third kappa shape index (κ3) is 9.63. The summed E-state index contributed by atoms with van der Waals surface area (Å²) in [6.07, 6.45) is 1.70. The molecule has 18 nitrogen and oxygen atoms in total. The van der Waals surface area contributed by atoms with Crippen molar-refractivity contribution in [2.24, 2.45) is 0 Å². The second kappa shape index (κ2) is 18.3. The van der Waals surface area contributed by atoms with Gasteiger partial charge in [-0.2, -0.15) is 0 Å². The summed E-state index contributed by atoms with van der Waals surface area (Å²) in [5.41, 5.74) is 3.29. The molecule has 1 aliphatic rings. The van der Waals surface area contributed by atoms with Crippen LogP contribution in [-0.4, -0.2) is 107 Å². The summed E-state index contributed by atoms with van der Waals surface area (Å²) in [5, 5.41) is 19.2. The van der Waals surface area contributed by atoms with Crippen LogP contribution in [0.4, 0.5) is 0 Å². The molecule has 0 aliphatic carbocycles. The fourth-order valence-electron chi connectivity index (χ4n) is 6.90. The minimum absolute atomic E-state index is 0.0142. The van der Waals surface area contributed by atoms with E-state index in [0.717, 1.165) is 38.2 Å². The normalized spacial score (nSPS) is 20.8. The fraction of sp³-hybridized carbons (Fsp3) is 0.317. The SMILES string of the molecule is C=C1NC(=O)[C@@H](C)NC(=O)CNC(=O)[C@H](Cc2c(C)[nH]c3cccc(OC)c23)NC(=O)[C@H](Cc2c[nH]c3ccccc23)NC(=O)c2csc(n2)[C@@H](C)NC(=O)CN(C)C1=O. The maximum atomic E-state index is 14.5. The molecule has 8 N–H and O–H groups in total. The molecule has 0 unspecified atom stereocenters. The Balaban J connectivity index is 1.35. The highest BCUT2D eigenvalue weighted by Gasteiger charge is 2.31. The van der Waals surface area contributed by atoms with E-state index in [1.54, 1.807) is 19.2 Å². The summed E-state index contributed by atoms with van der Waals surface area (Å²) in [6.45, 7) is 7.47. The fourth-order valence-corrected chi connectivity index (χ4v) is 7.71. The molecule has 314 valence electrons. The molecule has 4 heterocycles. The average Bonchev–Trinajstić information content (AvgIpc) is 3.96. The number of carbonyl (C=O) groups excluding carboxylic acids is 7. The molecule has 2 aromatic carbocycles. The highest BCUT2D eigenvalue weighted by atomic mass is 32.1. The monoisotopic (exact) mass is 838 g/mol. The molecule has 1 aliphatic heterocycles. The van der Waals surface area contributed by atoms with Gasteiger partial charge in [-0.1, -0.05) is 30.8 Å². The van der Waals surface area contributed by atoms with Crippen LogP contribution in [-0.2, 0) is 41.6 Å². The first-order valence-electron chi connectivity index (χ1n) is 19.0. The van der Waals surface area contributed by atoms with E-state index in [1.165, 1.54) is 26.5 Å². The number of aromatic amines is 2. The summed E-state index contributed by atoms with van der Waals surface area (Å²) in [5.74, 6) is -4.40. The lowest BCUT2D eigenvalue weighted by atomic mass is 9.99. The molecule has 0 saturated carbocycles. The Bertz CT molecular complexity index is 2510. The van der Waals surface area contributed by atoms with E-state index in [1.807, 2.05) is 43.3 Å². The Labute approximate surface area is 348 Å². The lowest BCUT2D eigenvalue weighted by Crippen LogP contribution is -2.56. The number of nitrogens with one attached hydrogen (secondary N) is 8. The molecular formula is C41H46N10O8S. The first-order chi connectivity index (χ1) is 28.6. The molecule has 6 rings (SSSR count). The van der Waals surface area contributed by atoms with Crippen molar-refractivity contribution in [3.63, 3.8) is 0 Å². The quantitative estimate of drug-likeness (QED) is 0.119. The van der Waals surface area contributed by atoms with Crippen LogP contribution in [0.5, 0.6) is 5.75 Å². The number of amides is 7. The Morgan fingerprint density at radius 3 is 2.33 bits per heavy atom. The minimum atomic E-state index is -1.29. The minimum Gasteiger partial charge on any atom is -0.496 e. The standard InChI is InChI=1S/C41H46N10O8S/c1-20-26(35-28(44-20)12-9-13-32(35)59-6)15-30-37(55)43-17-33(52)45-21(2)36(54)47-23(4)41(58)51(5)18-34(53)46-22(3)40-50-31(19-60-40)39(57)48-29(38(56)49-30)14-24-16-42-27-11-8-7-10-25(24)27/h7-13,16,19,21-22,29-30,42,44H,4,14-15,17-18H2,1-3,5-6H3,(H,43,55)(H,45,52)(H,46,53)(H,47,54)(H,48,57)(H,49,56)/t21-,22-,29+,30+/m1/s1. The summed E-state index contributed by atoms with van der Waals surface area (Å²) in [6, 6.07) is 8.54. The maximum absolute atomic E-state index is 14.5. The van der Waals surface area contributed by atoms with Crippen LogP contribution in [0.15, 0.2) is 66.3 Å². The van der Waals surface area contributed by atoms with Crippen molar-refractivity contribution in [3.8, 4) is 5.75 Å². The number of rotatable bonds is 5. The van der Waals surface area contributed by atoms with Crippen LogP contribution in [0.25, 0.3) is 21.8 Å². The largest absolute Gasteiger partial charge is 0.496 e. The number of carbonyl (C=O) groups is 7. The summed E-state index contributed by atoms with van der Waals surface area (Å²) in [4.78, 5) is 106. The number of thiazole rings is 1. The number of hydrogen-bond acceptors (Lipinski definition) is 10. The molecule has 60 heavy (non-hydrogen) atoms. The topological polar surface area (TPSA) is 249 Å². The van der Waals surface area contributed by atoms with Gasteiger partial charge < -0.3 is 51.5 Å². The molecule has 0 fully saturated rings. The number of para-hydroxylation sites is 1. The first-order valence-corrected chi connectivity index (χ1v) is 19.9. The molecule has 2 bridgehead atoms. The smallest absolute Gasteiger partial charge is 0.271 e. The van der Waals surface area contributed by atoms with Crippen molar-refractivity contribution in [1.82, 2.24) is 51.8 Å². The zero-order valence-corrected chi connectivity index (χ0v) is 34.4. The van der Waals surface area contributed by atoms with Gasteiger partial charge in [0.2, 0.25) is 29.5 Å². The first kappa shape index (κ1) is 42.6. The molecule has 3 aromatic heterocycles. The van der Waals surface area contributed by atoms with Gasteiger partial charge in [0.1, 0.15) is 34.6 Å². The van der Waals surface area contributed by atoms with Gasteiger partial charge >= 0.3 is 0 Å². The highest BCUT2D eigenvalue weighted by Crippen LogP contribution is 2.32. The van der Waals surface area contributed by atoms with Crippen LogP contribution in [0.1, 0.15) is 52.2 Å². The van der Waals surface area contributed by atoms with Crippen LogP contribution in [0.3, 0.4) is 0 Å². The zero-order chi connectivity index (χ0) is 43.2. The number of ether oxygens (including phenoxy) is 1. The van der Waals surface area contributed by atoms with Gasteiger partial charge in [0.25, 0.3) is 11.8 Å². The number of methoxy groups -OCH3 is 1. The average molecular weight is 839 g/mol.